The fourth-order valence-electron chi connectivity index (χ4n) is 3.14. The molecule has 19 heavy (non-hydrogen) atoms. The molecule has 1 fully saturated rings. The van der Waals surface area contributed by atoms with Crippen LogP contribution >= 0.6 is 0 Å². The van der Waals surface area contributed by atoms with Gasteiger partial charge in [0.25, 0.3) is 0 Å². The molecule has 1 saturated heterocycles. The number of rotatable bonds is 4. The summed E-state index contributed by atoms with van der Waals surface area (Å²) in [4.78, 5) is 2.53. The molecule has 0 aliphatic carbocycles. The van der Waals surface area contributed by atoms with Crippen molar-refractivity contribution in [2.45, 2.75) is 38.3 Å². The van der Waals surface area contributed by atoms with Crippen LogP contribution in [-0.4, -0.2) is 37.2 Å². The van der Waals surface area contributed by atoms with Crippen LogP contribution in [0.2, 0.25) is 0 Å². The summed E-state index contributed by atoms with van der Waals surface area (Å²) < 4.78 is 5.80. The van der Waals surface area contributed by atoms with Crippen molar-refractivity contribution in [1.82, 2.24) is 10.2 Å². The van der Waals surface area contributed by atoms with Crippen molar-refractivity contribution in [3.05, 3.63) is 29.8 Å². The summed E-state index contributed by atoms with van der Waals surface area (Å²) in [7, 11) is 0. The Balaban J connectivity index is 1.48. The highest BCUT2D eigenvalue weighted by molar-refractivity contribution is 5.33. The molecule has 3 rings (SSSR count). The van der Waals surface area contributed by atoms with Crippen LogP contribution < -0.4 is 10.1 Å². The summed E-state index contributed by atoms with van der Waals surface area (Å²) >= 11 is 0. The molecule has 0 saturated carbocycles. The Labute approximate surface area is 115 Å². The highest BCUT2D eigenvalue weighted by Crippen LogP contribution is 2.22. The monoisotopic (exact) mass is 260 g/mol. The van der Waals surface area contributed by atoms with Gasteiger partial charge in [0.05, 0.1) is 0 Å². The van der Waals surface area contributed by atoms with E-state index in [9.17, 15) is 0 Å². The predicted molar refractivity (Wildman–Crippen MR) is 77.5 cm³/mol. The van der Waals surface area contributed by atoms with E-state index < -0.39 is 0 Å². The van der Waals surface area contributed by atoms with Crippen LogP contribution in [0.1, 0.15) is 31.2 Å². The zero-order chi connectivity index (χ0) is 12.9. The summed E-state index contributed by atoms with van der Waals surface area (Å²) in [5.74, 6) is 1.07. The maximum atomic E-state index is 5.80. The lowest BCUT2D eigenvalue weighted by atomic mass is 10.1. The second-order valence-electron chi connectivity index (χ2n) is 5.67. The molecule has 1 aromatic rings. The average molecular weight is 260 g/mol. The van der Waals surface area contributed by atoms with Gasteiger partial charge in [0.2, 0.25) is 0 Å². The molecular weight excluding hydrogens is 236 g/mol. The summed E-state index contributed by atoms with van der Waals surface area (Å²) in [6, 6.07) is 9.21. The van der Waals surface area contributed by atoms with Crippen molar-refractivity contribution >= 4 is 0 Å². The Morgan fingerprint density at radius 3 is 3.16 bits per heavy atom. The molecule has 2 aliphatic heterocycles. The third-order valence-corrected chi connectivity index (χ3v) is 4.22. The maximum absolute atomic E-state index is 5.80. The number of hydrogen-bond acceptors (Lipinski definition) is 3. The fraction of sp³-hybridized carbons (Fsp3) is 0.625. The van der Waals surface area contributed by atoms with Gasteiger partial charge in [-0.25, -0.2) is 0 Å². The number of hydrogen-bond donors (Lipinski definition) is 1. The minimum Gasteiger partial charge on any atom is -0.492 e. The standard InChI is InChI=1S/C16H24N2O/c1-2-8-16-14(5-1)13-18(11-12-19-16)10-4-7-15-6-3-9-17-15/h1-2,5,8,15,17H,3-4,6-7,9-13H2. The van der Waals surface area contributed by atoms with E-state index in [4.69, 9.17) is 4.74 Å². The SMILES string of the molecule is c1ccc2c(c1)CN(CCCC1CCCN1)CCO2. The Morgan fingerprint density at radius 2 is 2.26 bits per heavy atom. The third-order valence-electron chi connectivity index (χ3n) is 4.22. The molecule has 0 spiro atoms. The van der Waals surface area contributed by atoms with E-state index in [0.29, 0.717) is 0 Å². The molecule has 3 heteroatoms. The van der Waals surface area contributed by atoms with Crippen molar-refractivity contribution in [2.75, 3.05) is 26.2 Å². The lowest BCUT2D eigenvalue weighted by Gasteiger charge is -2.20. The molecule has 0 radical (unpaired) electrons. The smallest absolute Gasteiger partial charge is 0.123 e. The van der Waals surface area contributed by atoms with Gasteiger partial charge in [-0.2, -0.15) is 0 Å². The summed E-state index contributed by atoms with van der Waals surface area (Å²) in [5, 5.41) is 3.58. The Morgan fingerprint density at radius 1 is 1.32 bits per heavy atom. The van der Waals surface area contributed by atoms with Gasteiger partial charge in [0.1, 0.15) is 12.4 Å². The van der Waals surface area contributed by atoms with Crippen molar-refractivity contribution in [1.29, 1.82) is 0 Å². The number of fused-ring (bicyclic) bond motifs is 1. The number of nitrogens with one attached hydrogen (secondary N) is 1. The normalized spacial score (nSPS) is 23.7. The maximum Gasteiger partial charge on any atom is 0.123 e. The third kappa shape index (κ3) is 3.48. The molecule has 1 N–H and O–H groups in total. The van der Waals surface area contributed by atoms with Crippen molar-refractivity contribution in [3.8, 4) is 5.75 Å². The van der Waals surface area contributed by atoms with Gasteiger partial charge < -0.3 is 10.1 Å². The minimum atomic E-state index is 0.774. The molecule has 1 aromatic carbocycles. The van der Waals surface area contributed by atoms with Gasteiger partial charge in [-0.15, -0.1) is 0 Å². The van der Waals surface area contributed by atoms with Gasteiger partial charge in [-0.3, -0.25) is 4.90 Å². The first kappa shape index (κ1) is 12.9. The van der Waals surface area contributed by atoms with E-state index in [1.54, 1.807) is 0 Å². The molecule has 104 valence electrons. The van der Waals surface area contributed by atoms with Gasteiger partial charge in [-0.1, -0.05) is 18.2 Å². The first-order valence-electron chi connectivity index (χ1n) is 7.58. The quantitative estimate of drug-likeness (QED) is 0.900. The van der Waals surface area contributed by atoms with E-state index in [1.165, 1.54) is 44.3 Å². The fourth-order valence-corrected chi connectivity index (χ4v) is 3.14. The number of nitrogens with zero attached hydrogens (tertiary/aromatic N) is 1. The van der Waals surface area contributed by atoms with Crippen LogP contribution in [0.5, 0.6) is 5.75 Å². The van der Waals surface area contributed by atoms with Gasteiger partial charge in [-0.05, 0) is 44.8 Å². The average Bonchev–Trinajstić information content (AvgIpc) is 2.85. The van der Waals surface area contributed by atoms with Crippen molar-refractivity contribution in [3.63, 3.8) is 0 Å². The Hall–Kier alpha value is -1.06. The second kappa shape index (κ2) is 6.40. The molecule has 2 heterocycles. The molecule has 3 nitrogen and oxygen atoms in total. The first-order chi connectivity index (χ1) is 9.42. The van der Waals surface area contributed by atoms with Crippen LogP contribution in [0.25, 0.3) is 0 Å². The molecule has 0 bridgehead atoms. The highest BCUT2D eigenvalue weighted by Gasteiger charge is 2.16. The molecule has 1 atom stereocenters. The highest BCUT2D eigenvalue weighted by atomic mass is 16.5. The molecular formula is C16H24N2O. The van der Waals surface area contributed by atoms with E-state index in [0.717, 1.165) is 31.5 Å². The molecule has 0 amide bonds. The zero-order valence-corrected chi connectivity index (χ0v) is 11.6. The van der Waals surface area contributed by atoms with E-state index in [-0.39, 0.29) is 0 Å². The first-order valence-corrected chi connectivity index (χ1v) is 7.58. The van der Waals surface area contributed by atoms with Crippen LogP contribution in [-0.2, 0) is 6.54 Å². The number of benzene rings is 1. The molecule has 2 aliphatic rings. The van der Waals surface area contributed by atoms with Crippen molar-refractivity contribution < 1.29 is 4.74 Å². The van der Waals surface area contributed by atoms with Crippen LogP contribution in [0.3, 0.4) is 0 Å². The summed E-state index contributed by atoms with van der Waals surface area (Å²) in [6.07, 6.45) is 5.33. The van der Waals surface area contributed by atoms with Crippen LogP contribution in [0.15, 0.2) is 24.3 Å². The van der Waals surface area contributed by atoms with Crippen LogP contribution in [0.4, 0.5) is 0 Å². The predicted octanol–water partition coefficient (Wildman–Crippen LogP) is 2.41. The molecule has 1 unspecified atom stereocenters. The number of para-hydroxylation sites is 1. The lowest BCUT2D eigenvalue weighted by molar-refractivity contribution is 0.221. The van der Waals surface area contributed by atoms with Crippen LogP contribution in [0, 0.1) is 0 Å². The van der Waals surface area contributed by atoms with E-state index in [2.05, 4.69) is 34.5 Å². The van der Waals surface area contributed by atoms with Gasteiger partial charge in [0, 0.05) is 24.7 Å². The summed E-state index contributed by atoms with van der Waals surface area (Å²) in [6.45, 7) is 5.31. The zero-order valence-electron chi connectivity index (χ0n) is 11.6. The van der Waals surface area contributed by atoms with E-state index >= 15 is 0 Å². The lowest BCUT2D eigenvalue weighted by Crippen LogP contribution is -2.28. The Kier molecular flexibility index (Phi) is 4.36. The minimum absolute atomic E-state index is 0.774. The van der Waals surface area contributed by atoms with Crippen molar-refractivity contribution in [2.24, 2.45) is 0 Å². The largest absolute Gasteiger partial charge is 0.492 e. The molecule has 0 aromatic heterocycles. The van der Waals surface area contributed by atoms with Gasteiger partial charge >= 0.3 is 0 Å². The topological polar surface area (TPSA) is 24.5 Å². The van der Waals surface area contributed by atoms with E-state index in [1.807, 2.05) is 0 Å². The van der Waals surface area contributed by atoms with Gasteiger partial charge in [0.15, 0.2) is 0 Å². The number of ether oxygens (including phenoxy) is 1. The summed E-state index contributed by atoms with van der Waals surface area (Å²) in [5.41, 5.74) is 1.33. The second-order valence-corrected chi connectivity index (χ2v) is 5.67. The Bertz CT molecular complexity index is 401.